The zero-order valence-corrected chi connectivity index (χ0v) is 26.6. The molecule has 0 saturated carbocycles. The predicted molar refractivity (Wildman–Crippen MR) is 164 cm³/mol. The van der Waals surface area contributed by atoms with Crippen LogP contribution in [-0.4, -0.2) is 79.7 Å². The summed E-state index contributed by atoms with van der Waals surface area (Å²) in [5.41, 5.74) is 3.53. The van der Waals surface area contributed by atoms with Crippen LogP contribution in [0.4, 0.5) is 0 Å². The maximum atomic E-state index is 14.2. The summed E-state index contributed by atoms with van der Waals surface area (Å²) in [4.78, 5) is 62.4. The van der Waals surface area contributed by atoms with Crippen LogP contribution in [0.1, 0.15) is 38.1 Å². The van der Waals surface area contributed by atoms with Gasteiger partial charge in [-0.15, -0.1) is 0 Å². The van der Waals surface area contributed by atoms with Gasteiger partial charge in [0.2, 0.25) is 6.29 Å². The Kier molecular flexibility index (Phi) is 10.6. The fourth-order valence-electron chi connectivity index (χ4n) is 5.44. The summed E-state index contributed by atoms with van der Waals surface area (Å²) in [6.07, 6.45) is -7.55. The van der Waals surface area contributed by atoms with Gasteiger partial charge in [-0.1, -0.05) is 72.8 Å². The van der Waals surface area contributed by atoms with Gasteiger partial charge in [0.1, 0.15) is 12.7 Å². The summed E-state index contributed by atoms with van der Waals surface area (Å²) in [5.74, 6) is -6.27. The van der Waals surface area contributed by atoms with Gasteiger partial charge in [-0.2, -0.15) is 0 Å². The first-order valence-electron chi connectivity index (χ1n) is 15.0. The first-order chi connectivity index (χ1) is 23.0. The molecule has 252 valence electrons. The molecule has 2 aliphatic rings. The molecule has 0 spiro atoms. The smallest absolute Gasteiger partial charge is 0.358 e. The summed E-state index contributed by atoms with van der Waals surface area (Å²) < 4.78 is 44.7. The van der Waals surface area contributed by atoms with Crippen molar-refractivity contribution in [1.82, 2.24) is 0 Å². The van der Waals surface area contributed by atoms with Crippen molar-refractivity contribution in [3.05, 3.63) is 84.4 Å². The maximum Gasteiger partial charge on any atom is 0.358 e. The van der Waals surface area contributed by atoms with E-state index in [1.54, 1.807) is 18.2 Å². The monoisotopic (exact) mass is 662 g/mol. The molecule has 0 aliphatic carbocycles. The molecule has 0 aromatic heterocycles. The van der Waals surface area contributed by atoms with Crippen LogP contribution in [0.15, 0.2) is 78.9 Å². The maximum absolute atomic E-state index is 14.2. The van der Waals surface area contributed by atoms with E-state index < -0.39 is 72.9 Å². The molecule has 2 fully saturated rings. The minimum atomic E-state index is -2.38. The highest BCUT2D eigenvalue weighted by molar-refractivity contribution is 6.03. The lowest BCUT2D eigenvalue weighted by Gasteiger charge is -2.47. The Balaban J connectivity index is 1.53. The molecule has 0 N–H and O–H groups in total. The molecular weight excluding hydrogens is 628 g/mol. The second-order valence-electron chi connectivity index (χ2n) is 11.0. The lowest BCUT2D eigenvalue weighted by molar-refractivity contribution is -0.503. The third kappa shape index (κ3) is 7.77. The molecule has 5 atom stereocenters. The van der Waals surface area contributed by atoms with Crippen LogP contribution in [0.25, 0.3) is 22.3 Å². The normalized spacial score (nSPS) is 22.8. The molecule has 13 nitrogen and oxygen atoms in total. The number of rotatable bonds is 11. The van der Waals surface area contributed by atoms with E-state index in [1.807, 2.05) is 60.7 Å². The van der Waals surface area contributed by atoms with Crippen molar-refractivity contribution in [3.8, 4) is 22.3 Å². The highest BCUT2D eigenvalue weighted by Gasteiger charge is 2.59. The van der Waals surface area contributed by atoms with E-state index in [0.717, 1.165) is 49.9 Å². The van der Waals surface area contributed by atoms with Gasteiger partial charge >= 0.3 is 29.9 Å². The average Bonchev–Trinajstić information content (AvgIpc) is 3.04. The largest absolute Gasteiger partial charge is 0.463 e. The van der Waals surface area contributed by atoms with Gasteiger partial charge in [0, 0.05) is 33.3 Å². The minimum absolute atomic E-state index is 0.152. The van der Waals surface area contributed by atoms with Crippen molar-refractivity contribution in [2.45, 2.75) is 64.4 Å². The number of Topliss-reactive ketones (excluding diaryl/α,β-unsaturated/α-hetero) is 1. The summed E-state index contributed by atoms with van der Waals surface area (Å²) in [5, 5.41) is 0. The molecule has 3 aromatic carbocycles. The lowest BCUT2D eigenvalue weighted by Crippen LogP contribution is -2.66. The van der Waals surface area contributed by atoms with Gasteiger partial charge in [-0.25, -0.2) is 0 Å². The van der Waals surface area contributed by atoms with Gasteiger partial charge < -0.3 is 23.7 Å². The summed E-state index contributed by atoms with van der Waals surface area (Å²) in [6.45, 7) is 3.62. The van der Waals surface area contributed by atoms with Crippen LogP contribution in [0.2, 0.25) is 0 Å². The van der Waals surface area contributed by atoms with Gasteiger partial charge in [0.25, 0.3) is 5.78 Å². The molecule has 0 unspecified atom stereocenters. The molecule has 48 heavy (non-hydrogen) atoms. The van der Waals surface area contributed by atoms with E-state index in [1.165, 1.54) is 0 Å². The summed E-state index contributed by atoms with van der Waals surface area (Å²) in [7, 11) is 0. The molecule has 13 heteroatoms. The number of ketones is 1. The van der Waals surface area contributed by atoms with Crippen molar-refractivity contribution >= 4 is 29.7 Å². The molecule has 0 amide bonds. The van der Waals surface area contributed by atoms with Crippen molar-refractivity contribution in [1.29, 1.82) is 0 Å². The van der Waals surface area contributed by atoms with Gasteiger partial charge in [0.05, 0.1) is 0 Å². The van der Waals surface area contributed by atoms with Crippen molar-refractivity contribution in [2.24, 2.45) is 0 Å². The molecule has 5 rings (SSSR count). The topological polar surface area (TPSA) is 159 Å². The molecule has 2 heterocycles. The highest BCUT2D eigenvalue weighted by atomic mass is 17.0. The van der Waals surface area contributed by atoms with E-state index in [4.69, 9.17) is 37.9 Å². The second kappa shape index (κ2) is 14.9. The fraction of sp³-hybridized carbons (Fsp3) is 0.343. The number of esters is 4. The SMILES string of the molecule is CC(=O)OC[C@H]1O[C@@H](OC2(C(=O)c3ccc(-c4ccccc4)c(-c4ccccc4)c3)OCO2)[C@H](OC(C)=O)[C@@H](OC(C)=O)[C@@H]1OC(C)=O. The van der Waals surface area contributed by atoms with Crippen LogP contribution < -0.4 is 0 Å². The van der Waals surface area contributed by atoms with Gasteiger partial charge in [-0.3, -0.25) is 38.2 Å². The number of carbonyl (C=O) groups is 5. The molecule has 0 radical (unpaired) electrons. The summed E-state index contributed by atoms with van der Waals surface area (Å²) in [6, 6.07) is 24.2. The van der Waals surface area contributed by atoms with Crippen LogP contribution in [-0.2, 0) is 57.1 Å². The molecule has 3 aromatic rings. The zero-order valence-electron chi connectivity index (χ0n) is 26.6. The average molecular weight is 663 g/mol. The van der Waals surface area contributed by atoms with E-state index in [-0.39, 0.29) is 12.4 Å². The Bertz CT molecular complexity index is 1650. The van der Waals surface area contributed by atoms with Crippen molar-refractivity contribution in [3.63, 3.8) is 0 Å². The Morgan fingerprint density at radius 3 is 1.73 bits per heavy atom. The van der Waals surface area contributed by atoms with Crippen LogP contribution in [0.5, 0.6) is 0 Å². The highest BCUT2D eigenvalue weighted by Crippen LogP contribution is 2.39. The summed E-state index contributed by atoms with van der Waals surface area (Å²) >= 11 is 0. The number of benzene rings is 3. The quantitative estimate of drug-likeness (QED) is 0.165. The van der Waals surface area contributed by atoms with Gasteiger partial charge in [0.15, 0.2) is 25.1 Å². The zero-order chi connectivity index (χ0) is 34.4. The molecule has 0 bridgehead atoms. The van der Waals surface area contributed by atoms with Crippen molar-refractivity contribution < 1.29 is 61.9 Å². The van der Waals surface area contributed by atoms with E-state index in [0.29, 0.717) is 0 Å². The molecule has 2 aliphatic heterocycles. The first-order valence-corrected chi connectivity index (χ1v) is 15.0. The third-order valence-electron chi connectivity index (χ3n) is 7.45. The lowest BCUT2D eigenvalue weighted by atomic mass is 9.91. The number of hydrogen-bond donors (Lipinski definition) is 0. The molecule has 2 saturated heterocycles. The van der Waals surface area contributed by atoms with E-state index in [9.17, 15) is 24.0 Å². The predicted octanol–water partition coefficient (Wildman–Crippen LogP) is 3.96. The second-order valence-corrected chi connectivity index (χ2v) is 11.0. The first kappa shape index (κ1) is 34.4. The molecular formula is C35H34O13. The minimum Gasteiger partial charge on any atom is -0.463 e. The Morgan fingerprint density at radius 1 is 0.667 bits per heavy atom. The third-order valence-corrected chi connectivity index (χ3v) is 7.45. The Hall–Kier alpha value is -4.95. The van der Waals surface area contributed by atoms with E-state index in [2.05, 4.69) is 0 Å². The number of hydrogen-bond acceptors (Lipinski definition) is 13. The van der Waals surface area contributed by atoms with E-state index >= 15 is 0 Å². The van der Waals surface area contributed by atoms with Gasteiger partial charge in [-0.05, 0) is 28.3 Å². The van der Waals surface area contributed by atoms with Crippen LogP contribution in [0, 0.1) is 0 Å². The Labute approximate surface area is 275 Å². The van der Waals surface area contributed by atoms with Crippen LogP contribution in [0.3, 0.4) is 0 Å². The fourth-order valence-corrected chi connectivity index (χ4v) is 5.44. The number of carbonyl (C=O) groups excluding carboxylic acids is 5. The standard InChI is InChI=1S/C35H34O13/c1-20(36)41-18-29-30(44-21(2)37)31(45-22(3)38)32(46-23(4)39)34(47-29)48-35(42-19-43-35)33(40)26-15-16-27(24-11-7-5-8-12-24)28(17-26)25-13-9-6-10-14-25/h5-17,29-32,34H,18-19H2,1-4H3/t29-,30-,31+,32-,34+/m1/s1. The Morgan fingerprint density at radius 2 is 1.21 bits per heavy atom. The van der Waals surface area contributed by atoms with Crippen LogP contribution >= 0.6 is 0 Å². The van der Waals surface area contributed by atoms with Crippen molar-refractivity contribution in [2.75, 3.05) is 13.4 Å². The number of ether oxygens (including phenoxy) is 8.